The predicted molar refractivity (Wildman–Crippen MR) is 88.2 cm³/mol. The molecular formula is C16H19BrN2O2. The number of hydrogen-bond donors (Lipinski definition) is 0. The van der Waals surface area contributed by atoms with Crippen LogP contribution in [0.5, 0.6) is 5.75 Å². The minimum absolute atomic E-state index is 0.0568. The molecule has 1 aromatic carbocycles. The van der Waals surface area contributed by atoms with Gasteiger partial charge in [-0.15, -0.1) is 0 Å². The summed E-state index contributed by atoms with van der Waals surface area (Å²) in [7, 11) is 3.37. The average molecular weight is 351 g/mol. The number of carbonyl (C=O) groups is 1. The van der Waals surface area contributed by atoms with E-state index in [0.29, 0.717) is 11.4 Å². The molecule has 0 saturated carbocycles. The van der Waals surface area contributed by atoms with Gasteiger partial charge in [-0.2, -0.15) is 0 Å². The van der Waals surface area contributed by atoms with Crippen LogP contribution in [0.15, 0.2) is 41.0 Å². The van der Waals surface area contributed by atoms with E-state index in [1.54, 1.807) is 19.1 Å². The van der Waals surface area contributed by atoms with E-state index in [-0.39, 0.29) is 5.91 Å². The number of amides is 1. The second-order valence-electron chi connectivity index (χ2n) is 4.77. The molecule has 0 atom stereocenters. The Labute approximate surface area is 133 Å². The molecule has 0 N–H and O–H groups in total. The minimum atomic E-state index is -0.0568. The monoisotopic (exact) mass is 350 g/mol. The number of aromatic nitrogens is 1. The fraction of sp³-hybridized carbons (Fsp3) is 0.312. The Balaban J connectivity index is 2.35. The normalized spacial score (nSPS) is 10.5. The number of halogens is 1. The lowest BCUT2D eigenvalue weighted by atomic mass is 10.2. The molecule has 0 spiro atoms. The van der Waals surface area contributed by atoms with Crippen LogP contribution in [0.3, 0.4) is 0 Å². The van der Waals surface area contributed by atoms with Gasteiger partial charge in [0.1, 0.15) is 11.4 Å². The Kier molecular flexibility index (Phi) is 5.07. The van der Waals surface area contributed by atoms with Crippen LogP contribution in [0, 0.1) is 0 Å². The highest BCUT2D eigenvalue weighted by molar-refractivity contribution is 9.10. The minimum Gasteiger partial charge on any atom is -0.495 e. The summed E-state index contributed by atoms with van der Waals surface area (Å²) >= 11 is 3.44. The van der Waals surface area contributed by atoms with E-state index in [4.69, 9.17) is 4.74 Å². The molecule has 2 aromatic rings. The van der Waals surface area contributed by atoms with E-state index in [1.165, 1.54) is 0 Å². The first kappa shape index (κ1) is 15.6. The fourth-order valence-electron chi connectivity index (χ4n) is 2.27. The second kappa shape index (κ2) is 6.80. The van der Waals surface area contributed by atoms with Gasteiger partial charge in [0.05, 0.1) is 12.8 Å². The van der Waals surface area contributed by atoms with Crippen molar-refractivity contribution < 1.29 is 9.53 Å². The quantitative estimate of drug-likeness (QED) is 0.818. The maximum absolute atomic E-state index is 12.8. The number of aryl methyl sites for hydroxylation is 1. The summed E-state index contributed by atoms with van der Waals surface area (Å²) in [5.41, 5.74) is 1.42. The van der Waals surface area contributed by atoms with E-state index in [0.717, 1.165) is 23.1 Å². The van der Waals surface area contributed by atoms with Crippen LogP contribution in [0.25, 0.3) is 0 Å². The molecule has 0 aliphatic rings. The number of ether oxygens (including phenoxy) is 1. The van der Waals surface area contributed by atoms with E-state index < -0.39 is 0 Å². The van der Waals surface area contributed by atoms with E-state index >= 15 is 0 Å². The lowest BCUT2D eigenvalue weighted by molar-refractivity contribution is 0.0983. The molecule has 0 saturated heterocycles. The zero-order valence-electron chi connectivity index (χ0n) is 12.5. The van der Waals surface area contributed by atoms with Crippen LogP contribution >= 0.6 is 15.9 Å². The first-order valence-electron chi connectivity index (χ1n) is 6.85. The van der Waals surface area contributed by atoms with Crippen molar-refractivity contribution in [2.24, 2.45) is 0 Å². The summed E-state index contributed by atoms with van der Waals surface area (Å²) in [5, 5.41) is 0. The number of para-hydroxylation sites is 2. The van der Waals surface area contributed by atoms with Crippen molar-refractivity contribution in [1.82, 2.24) is 4.57 Å². The number of anilines is 1. The second-order valence-corrected chi connectivity index (χ2v) is 5.69. The summed E-state index contributed by atoms with van der Waals surface area (Å²) in [4.78, 5) is 14.4. The number of benzene rings is 1. The van der Waals surface area contributed by atoms with Crippen LogP contribution in [0.4, 0.5) is 5.69 Å². The molecule has 0 bridgehead atoms. The summed E-state index contributed by atoms with van der Waals surface area (Å²) in [6, 6.07) is 9.35. The highest BCUT2D eigenvalue weighted by Gasteiger charge is 2.20. The van der Waals surface area contributed by atoms with Crippen LogP contribution < -0.4 is 9.64 Å². The van der Waals surface area contributed by atoms with E-state index in [1.807, 2.05) is 41.1 Å². The molecule has 2 rings (SSSR count). The third-order valence-corrected chi connectivity index (χ3v) is 3.73. The maximum atomic E-state index is 12.8. The fourth-order valence-corrected chi connectivity index (χ4v) is 2.73. The lowest BCUT2D eigenvalue weighted by Crippen LogP contribution is -2.28. The zero-order chi connectivity index (χ0) is 15.4. The van der Waals surface area contributed by atoms with Gasteiger partial charge in [0.15, 0.2) is 0 Å². The van der Waals surface area contributed by atoms with E-state index in [2.05, 4.69) is 22.9 Å². The van der Waals surface area contributed by atoms with Crippen molar-refractivity contribution in [2.75, 3.05) is 19.1 Å². The first-order valence-corrected chi connectivity index (χ1v) is 7.64. The van der Waals surface area contributed by atoms with Gasteiger partial charge >= 0.3 is 0 Å². The molecular weight excluding hydrogens is 332 g/mol. The highest BCUT2D eigenvalue weighted by Crippen LogP contribution is 2.28. The molecule has 5 heteroatoms. The van der Waals surface area contributed by atoms with Crippen molar-refractivity contribution in [3.8, 4) is 5.75 Å². The molecule has 0 radical (unpaired) electrons. The zero-order valence-corrected chi connectivity index (χ0v) is 14.1. The standard InChI is InChI=1S/C16H19BrN2O2/c1-4-9-19-11-12(17)10-14(19)16(20)18(2)13-7-5-6-8-15(13)21-3/h5-8,10-11H,4,9H2,1-3H3. The molecule has 21 heavy (non-hydrogen) atoms. The summed E-state index contributed by atoms with van der Waals surface area (Å²) in [5.74, 6) is 0.625. The lowest BCUT2D eigenvalue weighted by Gasteiger charge is -2.20. The molecule has 1 amide bonds. The Bertz CT molecular complexity index is 637. The Morgan fingerprint density at radius 3 is 2.76 bits per heavy atom. The van der Waals surface area contributed by atoms with Crippen molar-refractivity contribution in [2.45, 2.75) is 19.9 Å². The Hall–Kier alpha value is -1.75. The van der Waals surface area contributed by atoms with Crippen molar-refractivity contribution in [3.63, 3.8) is 0 Å². The SMILES string of the molecule is CCCn1cc(Br)cc1C(=O)N(C)c1ccccc1OC. The number of carbonyl (C=O) groups excluding carboxylic acids is 1. The summed E-state index contributed by atoms with van der Waals surface area (Å²) < 4.78 is 8.21. The summed E-state index contributed by atoms with van der Waals surface area (Å²) in [6.45, 7) is 2.90. The molecule has 0 aliphatic carbocycles. The van der Waals surface area contributed by atoms with Crippen LogP contribution in [0.1, 0.15) is 23.8 Å². The van der Waals surface area contributed by atoms with Crippen molar-refractivity contribution >= 4 is 27.5 Å². The third-order valence-electron chi connectivity index (χ3n) is 3.30. The molecule has 0 unspecified atom stereocenters. The van der Waals surface area contributed by atoms with Crippen LogP contribution in [-0.4, -0.2) is 24.6 Å². The van der Waals surface area contributed by atoms with Gasteiger partial charge in [0.25, 0.3) is 5.91 Å². The first-order chi connectivity index (χ1) is 10.1. The van der Waals surface area contributed by atoms with Gasteiger partial charge in [-0.1, -0.05) is 19.1 Å². The molecule has 1 heterocycles. The molecule has 0 aliphatic heterocycles. The topological polar surface area (TPSA) is 34.5 Å². The van der Waals surface area contributed by atoms with Crippen molar-refractivity contribution in [1.29, 1.82) is 0 Å². The van der Waals surface area contributed by atoms with Gasteiger partial charge in [0, 0.05) is 24.3 Å². The third kappa shape index (κ3) is 3.29. The summed E-state index contributed by atoms with van der Waals surface area (Å²) in [6.07, 6.45) is 2.91. The maximum Gasteiger partial charge on any atom is 0.274 e. The number of hydrogen-bond acceptors (Lipinski definition) is 2. The van der Waals surface area contributed by atoms with Gasteiger partial charge in [-0.25, -0.2) is 0 Å². The predicted octanol–water partition coefficient (Wildman–Crippen LogP) is 3.95. The number of methoxy groups -OCH3 is 1. The molecule has 1 aromatic heterocycles. The van der Waals surface area contributed by atoms with Gasteiger partial charge in [-0.3, -0.25) is 4.79 Å². The van der Waals surface area contributed by atoms with Gasteiger partial charge in [-0.05, 0) is 40.5 Å². The Morgan fingerprint density at radius 2 is 2.10 bits per heavy atom. The van der Waals surface area contributed by atoms with Crippen LogP contribution in [0.2, 0.25) is 0 Å². The van der Waals surface area contributed by atoms with Crippen LogP contribution in [-0.2, 0) is 6.54 Å². The Morgan fingerprint density at radius 1 is 1.38 bits per heavy atom. The average Bonchev–Trinajstić information content (AvgIpc) is 2.86. The molecule has 4 nitrogen and oxygen atoms in total. The number of nitrogens with zero attached hydrogens (tertiary/aromatic N) is 2. The van der Waals surface area contributed by atoms with Gasteiger partial charge in [0.2, 0.25) is 0 Å². The molecule has 0 fully saturated rings. The van der Waals surface area contributed by atoms with Crippen molar-refractivity contribution in [3.05, 3.63) is 46.7 Å². The van der Waals surface area contributed by atoms with E-state index in [9.17, 15) is 4.79 Å². The number of rotatable bonds is 5. The molecule has 112 valence electrons. The van der Waals surface area contributed by atoms with Gasteiger partial charge < -0.3 is 14.2 Å². The largest absolute Gasteiger partial charge is 0.495 e. The smallest absolute Gasteiger partial charge is 0.274 e. The highest BCUT2D eigenvalue weighted by atomic mass is 79.9.